The first-order valence-corrected chi connectivity index (χ1v) is 7.44. The number of fused-ring (bicyclic) bond motifs is 1. The molecule has 2 aromatic rings. The lowest BCUT2D eigenvalue weighted by molar-refractivity contribution is 0.0690. The van der Waals surface area contributed by atoms with Crippen LogP contribution in [0.1, 0.15) is 44.3 Å². The summed E-state index contributed by atoms with van der Waals surface area (Å²) in [6.07, 6.45) is 5.56. The molecule has 0 unspecified atom stereocenters. The Morgan fingerprint density at radius 1 is 1.24 bits per heavy atom. The number of carbonyl (C=O) groups is 2. The highest BCUT2D eigenvalue weighted by Crippen LogP contribution is 2.29. The summed E-state index contributed by atoms with van der Waals surface area (Å²) in [6, 6.07) is 2.75. The van der Waals surface area contributed by atoms with E-state index < -0.39 is 5.97 Å². The highest BCUT2D eigenvalue weighted by molar-refractivity contribution is 7.15. The molecule has 0 aliphatic heterocycles. The number of nitrogens with one attached hydrogen (secondary N) is 1. The van der Waals surface area contributed by atoms with Crippen molar-refractivity contribution in [3.8, 4) is 0 Å². The molecule has 0 saturated heterocycles. The van der Waals surface area contributed by atoms with Gasteiger partial charge in [-0.05, 0) is 37.8 Å². The van der Waals surface area contributed by atoms with Crippen LogP contribution in [0.4, 0.5) is 5.13 Å². The van der Waals surface area contributed by atoms with Gasteiger partial charge in [-0.1, -0.05) is 0 Å². The number of pyridine rings is 1. The second kappa shape index (κ2) is 5.61. The van der Waals surface area contributed by atoms with Crippen molar-refractivity contribution in [2.75, 3.05) is 5.32 Å². The first kappa shape index (κ1) is 13.7. The summed E-state index contributed by atoms with van der Waals surface area (Å²) >= 11 is 1.51. The number of anilines is 1. The molecule has 1 amide bonds. The predicted molar refractivity (Wildman–Crippen MR) is 77.9 cm³/mol. The van der Waals surface area contributed by atoms with Crippen molar-refractivity contribution >= 4 is 28.3 Å². The van der Waals surface area contributed by atoms with Crippen LogP contribution in [0.3, 0.4) is 0 Å². The summed E-state index contributed by atoms with van der Waals surface area (Å²) in [5.41, 5.74) is 1.31. The molecule has 1 aliphatic rings. The van der Waals surface area contributed by atoms with E-state index in [4.69, 9.17) is 5.11 Å². The molecule has 108 valence electrons. The normalized spacial score (nSPS) is 13.5. The lowest BCUT2D eigenvalue weighted by atomic mass is 10.0. The van der Waals surface area contributed by atoms with Crippen molar-refractivity contribution in [1.29, 1.82) is 0 Å². The summed E-state index contributed by atoms with van der Waals surface area (Å²) in [5, 5.41) is 12.1. The lowest BCUT2D eigenvalue weighted by Crippen LogP contribution is -2.13. The number of nitrogens with zero attached hydrogens (tertiary/aromatic N) is 2. The highest BCUT2D eigenvalue weighted by Gasteiger charge is 2.17. The minimum absolute atomic E-state index is 0.0868. The van der Waals surface area contributed by atoms with Gasteiger partial charge in [-0.15, -0.1) is 11.3 Å². The van der Waals surface area contributed by atoms with E-state index >= 15 is 0 Å². The van der Waals surface area contributed by atoms with Gasteiger partial charge in [0.15, 0.2) is 5.13 Å². The highest BCUT2D eigenvalue weighted by atomic mass is 32.1. The molecule has 3 rings (SSSR count). The summed E-state index contributed by atoms with van der Waals surface area (Å²) in [4.78, 5) is 32.2. The van der Waals surface area contributed by atoms with Gasteiger partial charge in [0, 0.05) is 11.1 Å². The molecule has 7 heteroatoms. The van der Waals surface area contributed by atoms with E-state index in [0.717, 1.165) is 25.0 Å². The standard InChI is InChI=1S/C14H13N3O3S/c18-12(8-5-6-10(13(19)20)15-7-8)17-14-16-9-3-1-2-4-11(9)21-14/h5-7H,1-4H2,(H,19,20)(H,16,17,18). The zero-order valence-electron chi connectivity index (χ0n) is 11.1. The number of carboxylic acid groups (broad SMARTS) is 1. The summed E-state index contributed by atoms with van der Waals surface area (Å²) in [6.45, 7) is 0. The molecule has 6 nitrogen and oxygen atoms in total. The van der Waals surface area contributed by atoms with Gasteiger partial charge in [0.2, 0.25) is 0 Å². The van der Waals surface area contributed by atoms with Gasteiger partial charge in [0.05, 0.1) is 11.3 Å². The van der Waals surface area contributed by atoms with Crippen molar-refractivity contribution in [1.82, 2.24) is 9.97 Å². The van der Waals surface area contributed by atoms with Crippen molar-refractivity contribution < 1.29 is 14.7 Å². The zero-order valence-corrected chi connectivity index (χ0v) is 11.9. The predicted octanol–water partition coefficient (Wildman–Crippen LogP) is 2.37. The molecule has 0 radical (unpaired) electrons. The fraction of sp³-hybridized carbons (Fsp3) is 0.286. The quantitative estimate of drug-likeness (QED) is 0.908. The molecule has 0 spiro atoms. The fourth-order valence-corrected chi connectivity index (χ4v) is 3.27. The zero-order chi connectivity index (χ0) is 14.8. The monoisotopic (exact) mass is 303 g/mol. The Labute approximate surface area is 124 Å². The number of aromatic carboxylic acids is 1. The Morgan fingerprint density at radius 3 is 2.71 bits per heavy atom. The van der Waals surface area contributed by atoms with Gasteiger partial charge in [-0.3, -0.25) is 10.1 Å². The number of hydrogen-bond acceptors (Lipinski definition) is 5. The average molecular weight is 303 g/mol. The van der Waals surface area contributed by atoms with Crippen molar-refractivity contribution in [3.63, 3.8) is 0 Å². The third-order valence-electron chi connectivity index (χ3n) is 3.31. The van der Waals surface area contributed by atoms with E-state index in [-0.39, 0.29) is 11.6 Å². The molecule has 2 N–H and O–H groups in total. The van der Waals surface area contributed by atoms with Crippen LogP contribution in [0.2, 0.25) is 0 Å². The molecule has 1 aliphatic carbocycles. The maximum Gasteiger partial charge on any atom is 0.354 e. The number of rotatable bonds is 3. The van der Waals surface area contributed by atoms with E-state index in [1.807, 2.05) is 0 Å². The summed E-state index contributed by atoms with van der Waals surface area (Å²) in [7, 11) is 0. The van der Waals surface area contributed by atoms with Crippen LogP contribution in [-0.4, -0.2) is 27.0 Å². The maximum atomic E-state index is 12.1. The molecule has 2 aromatic heterocycles. The van der Waals surface area contributed by atoms with Gasteiger partial charge in [0.25, 0.3) is 5.91 Å². The minimum Gasteiger partial charge on any atom is -0.477 e. The Hall–Kier alpha value is -2.28. The molecular formula is C14H13N3O3S. The van der Waals surface area contributed by atoms with Crippen molar-refractivity contribution in [3.05, 3.63) is 40.2 Å². The van der Waals surface area contributed by atoms with Crippen LogP contribution in [-0.2, 0) is 12.8 Å². The van der Waals surface area contributed by atoms with Crippen LogP contribution in [0, 0.1) is 0 Å². The Balaban J connectivity index is 1.73. The third-order valence-corrected chi connectivity index (χ3v) is 4.38. The minimum atomic E-state index is -1.12. The van der Waals surface area contributed by atoms with E-state index in [2.05, 4.69) is 15.3 Å². The van der Waals surface area contributed by atoms with Crippen LogP contribution in [0.15, 0.2) is 18.3 Å². The Kier molecular flexibility index (Phi) is 3.66. The third kappa shape index (κ3) is 2.92. The number of aryl methyl sites for hydroxylation is 2. The van der Waals surface area contributed by atoms with Crippen molar-refractivity contribution in [2.24, 2.45) is 0 Å². The molecule has 2 heterocycles. The van der Waals surface area contributed by atoms with Crippen LogP contribution in [0.5, 0.6) is 0 Å². The number of carbonyl (C=O) groups excluding carboxylic acids is 1. The molecule has 0 aromatic carbocycles. The van der Waals surface area contributed by atoms with Crippen LogP contribution in [0.25, 0.3) is 0 Å². The summed E-state index contributed by atoms with van der Waals surface area (Å²) < 4.78 is 0. The van der Waals surface area contributed by atoms with Crippen LogP contribution >= 0.6 is 11.3 Å². The smallest absolute Gasteiger partial charge is 0.354 e. The first-order chi connectivity index (χ1) is 10.1. The van der Waals surface area contributed by atoms with Crippen molar-refractivity contribution in [2.45, 2.75) is 25.7 Å². The number of aromatic nitrogens is 2. The average Bonchev–Trinajstić information content (AvgIpc) is 2.89. The Bertz CT molecular complexity index is 670. The number of carboxylic acids is 1. The molecule has 0 atom stereocenters. The second-order valence-corrected chi connectivity index (χ2v) is 5.87. The van der Waals surface area contributed by atoms with Gasteiger partial charge >= 0.3 is 5.97 Å². The van der Waals surface area contributed by atoms with Gasteiger partial charge in [0.1, 0.15) is 5.69 Å². The number of hydrogen-bond donors (Lipinski definition) is 2. The van der Waals surface area contributed by atoms with Crippen LogP contribution < -0.4 is 5.32 Å². The molecule has 0 saturated carbocycles. The molecule has 21 heavy (non-hydrogen) atoms. The van der Waals surface area contributed by atoms with E-state index in [1.165, 1.54) is 41.0 Å². The van der Waals surface area contributed by atoms with E-state index in [1.54, 1.807) is 0 Å². The SMILES string of the molecule is O=C(Nc1nc2c(s1)CCCC2)c1ccc(C(=O)O)nc1. The van der Waals surface area contributed by atoms with Gasteiger partial charge < -0.3 is 5.11 Å². The topological polar surface area (TPSA) is 92.2 Å². The lowest BCUT2D eigenvalue weighted by Gasteiger charge is -2.06. The molecule has 0 bridgehead atoms. The van der Waals surface area contributed by atoms with Gasteiger partial charge in [-0.2, -0.15) is 0 Å². The van der Waals surface area contributed by atoms with E-state index in [9.17, 15) is 9.59 Å². The molecule has 0 fully saturated rings. The fourth-order valence-electron chi connectivity index (χ4n) is 2.23. The number of thiazole rings is 1. The number of amides is 1. The second-order valence-electron chi connectivity index (χ2n) is 4.79. The van der Waals surface area contributed by atoms with E-state index in [0.29, 0.717) is 10.7 Å². The molecular weight excluding hydrogens is 290 g/mol. The Morgan fingerprint density at radius 2 is 2.05 bits per heavy atom. The summed E-state index contributed by atoms with van der Waals surface area (Å²) in [5.74, 6) is -1.44. The largest absolute Gasteiger partial charge is 0.477 e. The van der Waals surface area contributed by atoms with Gasteiger partial charge in [-0.25, -0.2) is 14.8 Å². The maximum absolute atomic E-state index is 12.1. The first-order valence-electron chi connectivity index (χ1n) is 6.63.